The molecule has 1 rings (SSSR count). The van der Waals surface area contributed by atoms with E-state index in [0.717, 1.165) is 5.56 Å². The number of benzene rings is 1. The summed E-state index contributed by atoms with van der Waals surface area (Å²) in [6, 6.07) is 7.94. The SMILES string of the molecule is CC(C)c1ccc(C(NC(=O)N(C)CCC(=O)O)C(C)C)cc1. The Labute approximate surface area is 138 Å². The number of aliphatic carboxylic acids is 1. The first-order valence-corrected chi connectivity index (χ1v) is 8.05. The Kier molecular flexibility index (Phi) is 7.07. The first-order chi connectivity index (χ1) is 10.7. The Morgan fingerprint density at radius 3 is 2.04 bits per heavy atom. The summed E-state index contributed by atoms with van der Waals surface area (Å²) in [4.78, 5) is 24.3. The van der Waals surface area contributed by atoms with Gasteiger partial charge in [-0.3, -0.25) is 4.79 Å². The predicted octanol–water partition coefficient (Wildman–Crippen LogP) is 3.62. The number of urea groups is 1. The number of carbonyl (C=O) groups excluding carboxylic acids is 1. The summed E-state index contributed by atoms with van der Waals surface area (Å²) in [5.41, 5.74) is 2.32. The Hall–Kier alpha value is -2.04. The van der Waals surface area contributed by atoms with Gasteiger partial charge in [0.25, 0.3) is 0 Å². The molecule has 1 atom stereocenters. The van der Waals surface area contributed by atoms with Crippen LogP contribution in [-0.2, 0) is 4.79 Å². The van der Waals surface area contributed by atoms with Crippen LogP contribution >= 0.6 is 0 Å². The zero-order valence-electron chi connectivity index (χ0n) is 14.7. The van der Waals surface area contributed by atoms with Crippen molar-refractivity contribution < 1.29 is 14.7 Å². The van der Waals surface area contributed by atoms with Gasteiger partial charge in [0.05, 0.1) is 12.5 Å². The summed E-state index contributed by atoms with van der Waals surface area (Å²) in [5, 5.41) is 11.7. The summed E-state index contributed by atoms with van der Waals surface area (Å²) < 4.78 is 0. The Morgan fingerprint density at radius 1 is 1.09 bits per heavy atom. The third-order valence-corrected chi connectivity index (χ3v) is 3.92. The second kappa shape index (κ2) is 8.56. The number of nitrogens with one attached hydrogen (secondary N) is 1. The molecule has 5 nitrogen and oxygen atoms in total. The molecule has 0 heterocycles. The predicted molar refractivity (Wildman–Crippen MR) is 91.5 cm³/mol. The van der Waals surface area contributed by atoms with Crippen molar-refractivity contribution in [1.82, 2.24) is 10.2 Å². The highest BCUT2D eigenvalue weighted by molar-refractivity contribution is 5.75. The van der Waals surface area contributed by atoms with Gasteiger partial charge in [0.1, 0.15) is 0 Å². The lowest BCUT2D eigenvalue weighted by molar-refractivity contribution is -0.137. The van der Waals surface area contributed by atoms with E-state index in [9.17, 15) is 9.59 Å². The highest BCUT2D eigenvalue weighted by Crippen LogP contribution is 2.24. The molecule has 5 heteroatoms. The minimum atomic E-state index is -0.908. The summed E-state index contributed by atoms with van der Waals surface area (Å²) in [5.74, 6) is -0.204. The highest BCUT2D eigenvalue weighted by atomic mass is 16.4. The van der Waals surface area contributed by atoms with Gasteiger partial charge in [-0.15, -0.1) is 0 Å². The van der Waals surface area contributed by atoms with Gasteiger partial charge in [0.2, 0.25) is 0 Å². The smallest absolute Gasteiger partial charge is 0.317 e. The van der Waals surface area contributed by atoms with E-state index in [0.29, 0.717) is 5.92 Å². The summed E-state index contributed by atoms with van der Waals surface area (Å²) in [6.45, 7) is 8.59. The van der Waals surface area contributed by atoms with Crippen LogP contribution in [0.15, 0.2) is 24.3 Å². The van der Waals surface area contributed by atoms with Crippen molar-refractivity contribution in [1.29, 1.82) is 0 Å². The average Bonchev–Trinajstić information content (AvgIpc) is 2.49. The van der Waals surface area contributed by atoms with Crippen LogP contribution in [0.4, 0.5) is 4.79 Å². The van der Waals surface area contributed by atoms with E-state index in [1.54, 1.807) is 7.05 Å². The van der Waals surface area contributed by atoms with Crippen molar-refractivity contribution in [3.8, 4) is 0 Å². The molecule has 1 aromatic rings. The van der Waals surface area contributed by atoms with Crippen molar-refractivity contribution in [2.24, 2.45) is 5.92 Å². The number of hydrogen-bond donors (Lipinski definition) is 2. The second-order valence-electron chi connectivity index (χ2n) is 6.56. The molecule has 0 fully saturated rings. The molecule has 0 aliphatic carbocycles. The van der Waals surface area contributed by atoms with Crippen molar-refractivity contribution in [3.05, 3.63) is 35.4 Å². The third-order valence-electron chi connectivity index (χ3n) is 3.92. The van der Waals surface area contributed by atoms with Crippen LogP contribution in [0.2, 0.25) is 0 Å². The van der Waals surface area contributed by atoms with Gasteiger partial charge < -0.3 is 15.3 Å². The van der Waals surface area contributed by atoms with E-state index in [2.05, 4.69) is 57.3 Å². The van der Waals surface area contributed by atoms with Crippen molar-refractivity contribution >= 4 is 12.0 Å². The molecule has 0 aliphatic rings. The van der Waals surface area contributed by atoms with E-state index < -0.39 is 5.97 Å². The molecular formula is C18H28N2O3. The number of carboxylic acid groups (broad SMARTS) is 1. The van der Waals surface area contributed by atoms with Gasteiger partial charge >= 0.3 is 12.0 Å². The van der Waals surface area contributed by atoms with Crippen LogP contribution in [0.1, 0.15) is 57.2 Å². The van der Waals surface area contributed by atoms with E-state index in [-0.39, 0.29) is 31.0 Å². The maximum atomic E-state index is 12.2. The van der Waals surface area contributed by atoms with Crippen LogP contribution in [-0.4, -0.2) is 35.6 Å². The van der Waals surface area contributed by atoms with Crippen molar-refractivity contribution in [2.75, 3.05) is 13.6 Å². The van der Waals surface area contributed by atoms with Gasteiger partial charge in [-0.05, 0) is 23.0 Å². The lowest BCUT2D eigenvalue weighted by Gasteiger charge is -2.26. The average molecular weight is 320 g/mol. The molecule has 0 spiro atoms. The minimum absolute atomic E-state index is 0.0562. The van der Waals surface area contributed by atoms with Crippen LogP contribution in [0, 0.1) is 5.92 Å². The summed E-state index contributed by atoms with van der Waals surface area (Å²) >= 11 is 0. The fourth-order valence-corrected chi connectivity index (χ4v) is 2.33. The van der Waals surface area contributed by atoms with E-state index in [1.165, 1.54) is 10.5 Å². The maximum Gasteiger partial charge on any atom is 0.317 e. The summed E-state index contributed by atoms with van der Waals surface area (Å²) in [6.07, 6.45) is -0.0562. The summed E-state index contributed by atoms with van der Waals surface area (Å²) in [7, 11) is 1.61. The minimum Gasteiger partial charge on any atom is -0.481 e. The zero-order chi connectivity index (χ0) is 17.6. The zero-order valence-corrected chi connectivity index (χ0v) is 14.7. The third kappa shape index (κ3) is 5.93. The number of carboxylic acids is 1. The number of amides is 2. The molecule has 0 bridgehead atoms. The molecule has 0 saturated heterocycles. The van der Waals surface area contributed by atoms with Gasteiger partial charge in [0.15, 0.2) is 0 Å². The molecule has 2 N–H and O–H groups in total. The largest absolute Gasteiger partial charge is 0.481 e. The number of rotatable bonds is 7. The molecule has 0 saturated carbocycles. The van der Waals surface area contributed by atoms with Gasteiger partial charge in [-0.2, -0.15) is 0 Å². The number of carbonyl (C=O) groups is 2. The van der Waals surface area contributed by atoms with Crippen LogP contribution < -0.4 is 5.32 Å². The molecule has 0 aliphatic heterocycles. The van der Waals surface area contributed by atoms with Crippen molar-refractivity contribution in [2.45, 2.75) is 46.1 Å². The van der Waals surface area contributed by atoms with Gasteiger partial charge in [-0.1, -0.05) is 52.0 Å². The quantitative estimate of drug-likeness (QED) is 0.806. The first-order valence-electron chi connectivity index (χ1n) is 8.05. The first kappa shape index (κ1) is 19.0. The molecule has 23 heavy (non-hydrogen) atoms. The fraction of sp³-hybridized carbons (Fsp3) is 0.556. The molecule has 0 radical (unpaired) electrons. The molecule has 0 aromatic heterocycles. The monoisotopic (exact) mass is 320 g/mol. The van der Waals surface area contributed by atoms with Gasteiger partial charge in [0, 0.05) is 13.6 Å². The van der Waals surface area contributed by atoms with E-state index >= 15 is 0 Å². The normalized spacial score (nSPS) is 12.3. The van der Waals surface area contributed by atoms with E-state index in [4.69, 9.17) is 5.11 Å². The van der Waals surface area contributed by atoms with Crippen LogP contribution in [0.5, 0.6) is 0 Å². The number of nitrogens with zero attached hydrogens (tertiary/aromatic N) is 1. The Balaban J connectivity index is 2.78. The molecule has 1 unspecified atom stereocenters. The topological polar surface area (TPSA) is 69.6 Å². The number of hydrogen-bond acceptors (Lipinski definition) is 2. The van der Waals surface area contributed by atoms with Crippen LogP contribution in [0.25, 0.3) is 0 Å². The molecule has 1 aromatic carbocycles. The lowest BCUT2D eigenvalue weighted by Crippen LogP contribution is -2.41. The maximum absolute atomic E-state index is 12.2. The van der Waals surface area contributed by atoms with Crippen molar-refractivity contribution in [3.63, 3.8) is 0 Å². The highest BCUT2D eigenvalue weighted by Gasteiger charge is 2.20. The van der Waals surface area contributed by atoms with E-state index in [1.807, 2.05) is 0 Å². The standard InChI is InChI=1S/C18H28N2O3/c1-12(2)14-6-8-15(9-7-14)17(13(3)4)19-18(23)20(5)11-10-16(21)22/h6-9,12-13,17H,10-11H2,1-5H3,(H,19,23)(H,21,22). The Morgan fingerprint density at radius 2 is 1.61 bits per heavy atom. The molecular weight excluding hydrogens is 292 g/mol. The molecule has 2 amide bonds. The lowest BCUT2D eigenvalue weighted by atomic mass is 9.93. The second-order valence-corrected chi connectivity index (χ2v) is 6.56. The van der Waals surface area contributed by atoms with Gasteiger partial charge in [-0.25, -0.2) is 4.79 Å². The fourth-order valence-electron chi connectivity index (χ4n) is 2.33. The van der Waals surface area contributed by atoms with Crippen LogP contribution in [0.3, 0.4) is 0 Å². The molecule has 128 valence electrons. The Bertz CT molecular complexity index is 524.